The van der Waals surface area contributed by atoms with Crippen LogP contribution in [-0.2, 0) is 9.53 Å². The summed E-state index contributed by atoms with van der Waals surface area (Å²) in [6.45, 7) is -0.370. The first-order chi connectivity index (χ1) is 13.2. The number of carbonyl (C=O) groups is 2. The number of nitrogens with zero attached hydrogens (tertiary/aromatic N) is 2. The van der Waals surface area contributed by atoms with Crippen LogP contribution in [0.4, 0.5) is 17.2 Å². The molecule has 0 spiro atoms. The minimum Gasteiger partial charge on any atom is -0.466 e. The number of hydrogen-bond acceptors (Lipinski definition) is 6. The van der Waals surface area contributed by atoms with Crippen LogP contribution in [0.3, 0.4) is 0 Å². The summed E-state index contributed by atoms with van der Waals surface area (Å²) < 4.78 is 26.7. The number of pyridine rings is 1. The van der Waals surface area contributed by atoms with Crippen molar-refractivity contribution >= 4 is 29.1 Å². The van der Waals surface area contributed by atoms with Crippen molar-refractivity contribution in [2.24, 2.45) is 0 Å². The highest BCUT2D eigenvalue weighted by Crippen LogP contribution is 2.22. The molecule has 132 valence electrons. The van der Waals surface area contributed by atoms with Crippen LogP contribution in [0, 0.1) is 0 Å². The van der Waals surface area contributed by atoms with E-state index in [9.17, 15) is 9.59 Å². The molecule has 7 nitrogen and oxygen atoms in total. The molecule has 1 aromatic heterocycles. The largest absolute Gasteiger partial charge is 0.466 e. The van der Waals surface area contributed by atoms with E-state index in [0.29, 0.717) is 5.82 Å². The van der Waals surface area contributed by atoms with E-state index in [-0.39, 0.29) is 36.5 Å². The number of nitrogens with one attached hydrogen (secondary N) is 1. The maximum absolute atomic E-state index is 13.0. The summed E-state index contributed by atoms with van der Waals surface area (Å²) in [5, 5.41) is 2.31. The zero-order valence-electron chi connectivity index (χ0n) is 16.9. The minimum atomic E-state index is -2.40. The molecule has 0 bridgehead atoms. The van der Waals surface area contributed by atoms with Crippen LogP contribution in [0.5, 0.6) is 0 Å². The second-order valence-electron chi connectivity index (χ2n) is 5.13. The molecule has 1 amide bonds. The lowest BCUT2D eigenvalue weighted by Crippen LogP contribution is -2.34. The molecule has 0 aliphatic carbocycles. The number of aromatic nitrogens is 1. The highest BCUT2D eigenvalue weighted by Gasteiger charge is 2.20. The maximum Gasteiger partial charge on any atom is 0.307 e. The van der Waals surface area contributed by atoms with Gasteiger partial charge < -0.3 is 15.8 Å². The average molecular weight is 345 g/mol. The van der Waals surface area contributed by atoms with Crippen molar-refractivity contribution in [1.82, 2.24) is 4.98 Å². The Hall–Kier alpha value is -3.09. The number of esters is 1. The van der Waals surface area contributed by atoms with Gasteiger partial charge in [0.25, 0.3) is 5.91 Å². The van der Waals surface area contributed by atoms with E-state index in [4.69, 9.17) is 14.6 Å². The van der Waals surface area contributed by atoms with Crippen LogP contribution in [0.25, 0.3) is 0 Å². The van der Waals surface area contributed by atoms with Crippen molar-refractivity contribution in [2.45, 2.75) is 13.3 Å². The van der Waals surface area contributed by atoms with Crippen molar-refractivity contribution < 1.29 is 18.4 Å². The summed E-state index contributed by atoms with van der Waals surface area (Å²) >= 11 is 0. The molecule has 2 aromatic rings. The summed E-state index contributed by atoms with van der Waals surface area (Å²) in [7, 11) is 0. The van der Waals surface area contributed by atoms with Crippen molar-refractivity contribution in [3.8, 4) is 0 Å². The van der Waals surface area contributed by atoms with Gasteiger partial charge in [0.05, 0.1) is 24.4 Å². The Morgan fingerprint density at radius 3 is 2.84 bits per heavy atom. The predicted octanol–water partition coefficient (Wildman–Crippen LogP) is 2.31. The van der Waals surface area contributed by atoms with Gasteiger partial charge in [0.15, 0.2) is 0 Å². The highest BCUT2D eigenvalue weighted by atomic mass is 16.5. The molecular weight excluding hydrogens is 320 g/mol. The third kappa shape index (κ3) is 4.69. The topological polar surface area (TPSA) is 97.5 Å². The Morgan fingerprint density at radius 1 is 1.36 bits per heavy atom. The number of amides is 1. The summed E-state index contributed by atoms with van der Waals surface area (Å²) in [5.41, 5.74) is 6.45. The van der Waals surface area contributed by atoms with Gasteiger partial charge in [0, 0.05) is 29.4 Å². The lowest BCUT2D eigenvalue weighted by molar-refractivity contribution is -0.142. The van der Waals surface area contributed by atoms with Crippen molar-refractivity contribution in [3.63, 3.8) is 0 Å². The minimum absolute atomic E-state index is 0.00429. The summed E-state index contributed by atoms with van der Waals surface area (Å²) in [6, 6.07) is 9.37. The van der Waals surface area contributed by atoms with Crippen LogP contribution in [0.2, 0.25) is 0 Å². The lowest BCUT2D eigenvalue weighted by Gasteiger charge is -2.22. The number of hydrogen-bond donors (Lipinski definition) is 2. The first-order valence-corrected chi connectivity index (χ1v) is 7.77. The van der Waals surface area contributed by atoms with E-state index in [1.165, 1.54) is 29.3 Å². The smallest absolute Gasteiger partial charge is 0.307 e. The molecule has 7 heteroatoms. The first-order valence-electron chi connectivity index (χ1n) is 9.27. The Labute approximate surface area is 151 Å². The number of nitrogen functional groups attached to an aromatic ring is 1. The Balaban J connectivity index is 2.26. The van der Waals surface area contributed by atoms with Crippen LogP contribution >= 0.6 is 0 Å². The van der Waals surface area contributed by atoms with Gasteiger partial charge >= 0.3 is 5.97 Å². The molecule has 0 atom stereocenters. The monoisotopic (exact) mass is 345 g/mol. The van der Waals surface area contributed by atoms with Gasteiger partial charge in [-0.3, -0.25) is 14.5 Å². The molecule has 0 aliphatic heterocycles. The van der Waals surface area contributed by atoms with Gasteiger partial charge in [-0.25, -0.2) is 4.98 Å². The number of anilines is 3. The predicted molar refractivity (Wildman–Crippen MR) is 97.6 cm³/mol. The molecule has 0 saturated carbocycles. The number of ether oxygens (including phenoxy) is 1. The van der Waals surface area contributed by atoms with Gasteiger partial charge in [0.1, 0.15) is 5.82 Å². The van der Waals surface area contributed by atoms with Crippen LogP contribution < -0.4 is 16.0 Å². The quantitative estimate of drug-likeness (QED) is 0.590. The third-order valence-corrected chi connectivity index (χ3v) is 3.45. The van der Waals surface area contributed by atoms with Gasteiger partial charge in [-0.1, -0.05) is 6.07 Å². The second kappa shape index (κ2) is 8.68. The van der Waals surface area contributed by atoms with Crippen LogP contribution in [-0.4, -0.2) is 37.0 Å². The molecule has 2 rings (SSSR count). The fraction of sp³-hybridized carbons (Fsp3) is 0.278. The Kier molecular flexibility index (Phi) is 4.95. The van der Waals surface area contributed by atoms with Gasteiger partial charge in [-0.2, -0.15) is 0 Å². The molecule has 3 N–H and O–H groups in total. The molecule has 1 aromatic carbocycles. The fourth-order valence-electron chi connectivity index (χ4n) is 2.24. The van der Waals surface area contributed by atoms with Gasteiger partial charge in [0.2, 0.25) is 0 Å². The molecule has 0 radical (unpaired) electrons. The average Bonchev–Trinajstić information content (AvgIpc) is 2.63. The van der Waals surface area contributed by atoms with E-state index < -0.39 is 18.9 Å². The molecule has 0 unspecified atom stereocenters. The van der Waals surface area contributed by atoms with E-state index in [2.05, 4.69) is 10.3 Å². The first kappa shape index (κ1) is 14.3. The van der Waals surface area contributed by atoms with E-state index >= 15 is 0 Å². The third-order valence-electron chi connectivity index (χ3n) is 3.45. The highest BCUT2D eigenvalue weighted by molar-refractivity contribution is 6.06. The Bertz CT molecular complexity index is 829. The second-order valence-corrected chi connectivity index (χ2v) is 5.13. The zero-order chi connectivity index (χ0) is 20.7. The van der Waals surface area contributed by atoms with E-state index in [1.54, 1.807) is 25.1 Å². The molecule has 25 heavy (non-hydrogen) atoms. The number of benzene rings is 1. The summed E-state index contributed by atoms with van der Waals surface area (Å²) in [4.78, 5) is 30.2. The van der Waals surface area contributed by atoms with Crippen molar-refractivity contribution in [3.05, 3.63) is 48.2 Å². The molecule has 1 heterocycles. The zero-order valence-corrected chi connectivity index (χ0v) is 13.9. The van der Waals surface area contributed by atoms with E-state index in [0.717, 1.165) is 0 Å². The normalized spacial score (nSPS) is 12.4. The molecule has 0 aliphatic rings. The maximum atomic E-state index is 13.0. The number of rotatable bonds is 7. The van der Waals surface area contributed by atoms with Crippen molar-refractivity contribution in [2.75, 3.05) is 36.1 Å². The number of nitrogens with two attached hydrogens (primary N) is 1. The Morgan fingerprint density at radius 2 is 2.20 bits per heavy atom. The molecule has 0 saturated heterocycles. The van der Waals surface area contributed by atoms with Gasteiger partial charge in [-0.05, 0) is 37.3 Å². The lowest BCUT2D eigenvalue weighted by atomic mass is 10.1. The van der Waals surface area contributed by atoms with Crippen LogP contribution in [0.1, 0.15) is 27.8 Å². The summed E-state index contributed by atoms with van der Waals surface area (Å²) in [6.07, 6.45) is 1.54. The summed E-state index contributed by atoms with van der Waals surface area (Å²) in [5.74, 6) is -0.469. The van der Waals surface area contributed by atoms with Crippen molar-refractivity contribution in [1.29, 1.82) is 0 Å². The van der Waals surface area contributed by atoms with Gasteiger partial charge in [-0.15, -0.1) is 0 Å². The fourth-order valence-corrected chi connectivity index (χ4v) is 2.24. The van der Waals surface area contributed by atoms with Crippen LogP contribution in [0.15, 0.2) is 42.6 Å². The standard InChI is InChI=1S/C18H22N4O3/c1-3-25-17(23)9-11-22(16-6-4-5-10-21-16)18(24)13-7-8-15(20-2)14(19)12-13/h4-8,10,12,20H,3,9,11,19H2,1-2H3/i2D3. The van der Waals surface area contributed by atoms with E-state index in [1.807, 2.05) is 0 Å². The number of carbonyl (C=O) groups excluding carboxylic acids is 2. The molecular formula is C18H22N4O3. The molecule has 0 fully saturated rings. The SMILES string of the molecule is [2H]C([2H])([2H])Nc1ccc(C(=O)N(CCC(=O)OCC)c2ccccn2)cc1N.